The number of aryl methyl sites for hydroxylation is 2. The molecule has 0 aliphatic carbocycles. The number of para-hydroxylation sites is 1. The molecule has 1 saturated heterocycles. The first kappa shape index (κ1) is 19.4. The Morgan fingerprint density at radius 2 is 1.45 bits per heavy atom. The van der Waals surface area contributed by atoms with Crippen molar-refractivity contribution in [3.63, 3.8) is 0 Å². The molecule has 0 bridgehead atoms. The number of carbonyl (C=O) groups excluding carboxylic acids is 2. The number of rotatable bonds is 3. The average molecular weight is 449 g/mol. The molecule has 0 saturated carbocycles. The molecule has 1 aliphatic heterocycles. The number of halogens is 1. The number of piperazine rings is 1. The largest absolute Gasteiger partial charge is 0.300 e. The van der Waals surface area contributed by atoms with Gasteiger partial charge >= 0.3 is 0 Å². The van der Waals surface area contributed by atoms with E-state index in [2.05, 4.69) is 15.9 Å². The highest BCUT2D eigenvalue weighted by Crippen LogP contribution is 2.36. The van der Waals surface area contributed by atoms with Crippen molar-refractivity contribution in [2.75, 3.05) is 16.3 Å². The van der Waals surface area contributed by atoms with Crippen LogP contribution in [0.5, 0.6) is 0 Å². The monoisotopic (exact) mass is 448 g/mol. The molecule has 146 valence electrons. The smallest absolute Gasteiger partial charge is 0.255 e. The lowest BCUT2D eigenvalue weighted by molar-refractivity contribution is -0.128. The quantitative estimate of drug-likeness (QED) is 0.553. The summed E-state index contributed by atoms with van der Waals surface area (Å²) in [5, 5.41) is 0. The molecule has 1 aliphatic rings. The second-order valence-corrected chi connectivity index (χ2v) is 8.13. The van der Waals surface area contributed by atoms with Gasteiger partial charge in [-0.3, -0.25) is 14.5 Å². The normalized spacial score (nSPS) is 17.0. The summed E-state index contributed by atoms with van der Waals surface area (Å²) in [5.74, 6) is -0.209. The van der Waals surface area contributed by atoms with Crippen LogP contribution < -0.4 is 9.80 Å². The summed E-state index contributed by atoms with van der Waals surface area (Å²) < 4.78 is 0.922. The van der Waals surface area contributed by atoms with Crippen LogP contribution in [-0.2, 0) is 9.59 Å². The Kier molecular flexibility index (Phi) is 5.24. The zero-order chi connectivity index (χ0) is 20.5. The third-order valence-corrected chi connectivity index (χ3v) is 5.78. The fraction of sp³-hybridized carbons (Fsp3) is 0.167. The van der Waals surface area contributed by atoms with Crippen LogP contribution >= 0.6 is 15.9 Å². The maximum Gasteiger partial charge on any atom is 0.255 e. The number of benzene rings is 3. The fourth-order valence-electron chi connectivity index (χ4n) is 3.93. The molecule has 4 rings (SSSR count). The van der Waals surface area contributed by atoms with Gasteiger partial charge in [0.2, 0.25) is 5.91 Å². The summed E-state index contributed by atoms with van der Waals surface area (Å²) in [5.41, 5.74) is 4.29. The Bertz CT molecular complexity index is 1040. The summed E-state index contributed by atoms with van der Waals surface area (Å²) >= 11 is 3.43. The molecular weight excluding hydrogens is 428 g/mol. The van der Waals surface area contributed by atoms with E-state index in [4.69, 9.17) is 0 Å². The van der Waals surface area contributed by atoms with Crippen LogP contribution in [0.25, 0.3) is 0 Å². The molecule has 0 spiro atoms. The number of hydrogen-bond acceptors (Lipinski definition) is 2. The van der Waals surface area contributed by atoms with Crippen molar-refractivity contribution in [3.8, 4) is 0 Å². The molecule has 1 fully saturated rings. The molecule has 3 aromatic rings. The van der Waals surface area contributed by atoms with Crippen LogP contribution in [-0.4, -0.2) is 18.4 Å². The van der Waals surface area contributed by atoms with Crippen LogP contribution in [0, 0.1) is 13.8 Å². The van der Waals surface area contributed by atoms with E-state index in [1.54, 1.807) is 9.80 Å². The molecule has 0 radical (unpaired) electrons. The molecule has 3 aromatic carbocycles. The Morgan fingerprint density at radius 3 is 2.07 bits per heavy atom. The zero-order valence-corrected chi connectivity index (χ0v) is 17.9. The molecular formula is C24H21BrN2O2. The fourth-order valence-corrected chi connectivity index (χ4v) is 4.20. The first-order chi connectivity index (χ1) is 14.0. The van der Waals surface area contributed by atoms with Gasteiger partial charge in [0.1, 0.15) is 12.6 Å². The van der Waals surface area contributed by atoms with Crippen LogP contribution in [0.15, 0.2) is 77.3 Å². The average Bonchev–Trinajstić information content (AvgIpc) is 2.71. The lowest BCUT2D eigenvalue weighted by atomic mass is 9.98. The second kappa shape index (κ2) is 7.84. The predicted octanol–water partition coefficient (Wildman–Crippen LogP) is 5.19. The van der Waals surface area contributed by atoms with E-state index in [1.807, 2.05) is 86.6 Å². The molecule has 2 amide bonds. The standard InChI is InChI=1S/C24H21BrN2O2/c1-16-7-6-8-17(2)22(16)26-15-21(28)27(20-13-11-19(25)12-14-20)23(24(26)29)18-9-4-3-5-10-18/h3-14,23H,15H2,1-2H3/t23-/m1/s1. The summed E-state index contributed by atoms with van der Waals surface area (Å²) in [6.45, 7) is 3.96. The van der Waals surface area contributed by atoms with E-state index in [1.165, 1.54) is 0 Å². The number of nitrogens with zero attached hydrogens (tertiary/aromatic N) is 2. The van der Waals surface area contributed by atoms with Crippen LogP contribution in [0.1, 0.15) is 22.7 Å². The minimum atomic E-state index is -0.711. The van der Waals surface area contributed by atoms with Gasteiger partial charge in [-0.1, -0.05) is 64.5 Å². The first-order valence-electron chi connectivity index (χ1n) is 9.47. The highest BCUT2D eigenvalue weighted by atomic mass is 79.9. The Morgan fingerprint density at radius 1 is 0.828 bits per heavy atom. The van der Waals surface area contributed by atoms with Crippen molar-refractivity contribution in [3.05, 3.63) is 94.0 Å². The van der Waals surface area contributed by atoms with E-state index in [0.717, 1.165) is 26.9 Å². The van der Waals surface area contributed by atoms with Crippen molar-refractivity contribution < 1.29 is 9.59 Å². The van der Waals surface area contributed by atoms with Gasteiger partial charge in [-0.15, -0.1) is 0 Å². The highest BCUT2D eigenvalue weighted by Gasteiger charge is 2.42. The summed E-state index contributed by atoms with van der Waals surface area (Å²) in [6, 6.07) is 22.2. The molecule has 5 heteroatoms. The zero-order valence-electron chi connectivity index (χ0n) is 16.3. The van der Waals surface area contributed by atoms with E-state index < -0.39 is 6.04 Å². The van der Waals surface area contributed by atoms with Gasteiger partial charge in [0.25, 0.3) is 5.91 Å². The third kappa shape index (κ3) is 3.58. The lowest BCUT2D eigenvalue weighted by Crippen LogP contribution is -2.56. The van der Waals surface area contributed by atoms with Gasteiger partial charge in [0.05, 0.1) is 5.69 Å². The van der Waals surface area contributed by atoms with Gasteiger partial charge in [-0.2, -0.15) is 0 Å². The van der Waals surface area contributed by atoms with Crippen molar-refractivity contribution in [1.82, 2.24) is 0 Å². The van der Waals surface area contributed by atoms with Gasteiger partial charge in [-0.05, 0) is 54.8 Å². The number of hydrogen-bond donors (Lipinski definition) is 0. The topological polar surface area (TPSA) is 40.6 Å². The highest BCUT2D eigenvalue weighted by molar-refractivity contribution is 9.10. The molecule has 1 atom stereocenters. The van der Waals surface area contributed by atoms with Crippen LogP contribution in [0.4, 0.5) is 11.4 Å². The number of amides is 2. The Labute approximate surface area is 178 Å². The van der Waals surface area contributed by atoms with E-state index in [0.29, 0.717) is 5.69 Å². The lowest BCUT2D eigenvalue weighted by Gasteiger charge is -2.41. The molecule has 4 nitrogen and oxygen atoms in total. The summed E-state index contributed by atoms with van der Waals surface area (Å²) in [4.78, 5) is 30.3. The van der Waals surface area contributed by atoms with E-state index in [-0.39, 0.29) is 18.4 Å². The second-order valence-electron chi connectivity index (χ2n) is 7.22. The molecule has 0 unspecified atom stereocenters. The van der Waals surface area contributed by atoms with Crippen molar-refractivity contribution >= 4 is 39.1 Å². The molecule has 1 heterocycles. The van der Waals surface area contributed by atoms with Crippen molar-refractivity contribution in [2.24, 2.45) is 0 Å². The maximum atomic E-state index is 13.7. The van der Waals surface area contributed by atoms with Gasteiger partial charge in [-0.25, -0.2) is 0 Å². The Balaban J connectivity index is 1.84. The van der Waals surface area contributed by atoms with Crippen molar-refractivity contribution in [1.29, 1.82) is 0 Å². The number of anilines is 2. The predicted molar refractivity (Wildman–Crippen MR) is 119 cm³/mol. The number of carbonyl (C=O) groups is 2. The Hall–Kier alpha value is -2.92. The minimum Gasteiger partial charge on any atom is -0.300 e. The maximum absolute atomic E-state index is 13.7. The minimum absolute atomic E-state index is 0.0178. The van der Waals surface area contributed by atoms with Gasteiger partial charge in [0.15, 0.2) is 0 Å². The van der Waals surface area contributed by atoms with E-state index >= 15 is 0 Å². The van der Waals surface area contributed by atoms with Gasteiger partial charge in [0, 0.05) is 10.2 Å². The van der Waals surface area contributed by atoms with Crippen LogP contribution in [0.3, 0.4) is 0 Å². The van der Waals surface area contributed by atoms with Crippen LogP contribution in [0.2, 0.25) is 0 Å². The summed E-state index contributed by atoms with van der Waals surface area (Å²) in [6.07, 6.45) is 0. The van der Waals surface area contributed by atoms with Gasteiger partial charge < -0.3 is 4.90 Å². The van der Waals surface area contributed by atoms with E-state index in [9.17, 15) is 9.59 Å². The SMILES string of the molecule is Cc1cccc(C)c1N1CC(=O)N(c2ccc(Br)cc2)[C@H](c2ccccc2)C1=O. The first-order valence-corrected chi connectivity index (χ1v) is 10.3. The third-order valence-electron chi connectivity index (χ3n) is 5.25. The van der Waals surface area contributed by atoms with Crippen molar-refractivity contribution in [2.45, 2.75) is 19.9 Å². The molecule has 0 aromatic heterocycles. The molecule has 29 heavy (non-hydrogen) atoms. The summed E-state index contributed by atoms with van der Waals surface area (Å²) in [7, 11) is 0. The molecule has 0 N–H and O–H groups in total.